The zero-order valence-corrected chi connectivity index (χ0v) is 6.58. The Morgan fingerprint density at radius 2 is 2.64 bits per heavy atom. The van der Waals surface area contributed by atoms with Crippen LogP contribution in [0.15, 0.2) is 10.7 Å². The number of rotatable bonds is 1. The van der Waals surface area contributed by atoms with E-state index in [2.05, 4.69) is 12.1 Å². The predicted molar refractivity (Wildman–Crippen MR) is 41.2 cm³/mol. The van der Waals surface area contributed by atoms with Gasteiger partial charge in [0.05, 0.1) is 6.20 Å². The third-order valence-electron chi connectivity index (χ3n) is 2.52. The molecule has 1 heterocycles. The second-order valence-electron chi connectivity index (χ2n) is 3.23. The Bertz CT molecular complexity index is 256. The monoisotopic (exact) mass is 152 g/mol. The minimum absolute atomic E-state index is 0.469. The first-order chi connectivity index (χ1) is 5.33. The highest BCUT2D eigenvalue weighted by molar-refractivity contribution is 5.26. The predicted octanol–water partition coefficient (Wildman–Crippen LogP) is 0.909. The third kappa shape index (κ3) is 0.878. The Morgan fingerprint density at radius 1 is 1.82 bits per heavy atom. The van der Waals surface area contributed by atoms with Crippen LogP contribution in [0.25, 0.3) is 0 Å². The van der Waals surface area contributed by atoms with Gasteiger partial charge in [-0.1, -0.05) is 12.1 Å². The highest BCUT2D eigenvalue weighted by Gasteiger charge is 2.31. The van der Waals surface area contributed by atoms with Crippen molar-refractivity contribution in [2.45, 2.75) is 19.3 Å². The summed E-state index contributed by atoms with van der Waals surface area (Å²) in [6, 6.07) is 0. The number of aromatic nitrogens is 1. The Balaban J connectivity index is 2.35. The van der Waals surface area contributed by atoms with Gasteiger partial charge in [0.1, 0.15) is 5.76 Å². The molecule has 0 saturated carbocycles. The van der Waals surface area contributed by atoms with E-state index in [9.17, 15) is 0 Å². The van der Waals surface area contributed by atoms with Crippen LogP contribution in [0.3, 0.4) is 0 Å². The van der Waals surface area contributed by atoms with Crippen LogP contribution < -0.4 is 5.73 Å². The molecule has 2 unspecified atom stereocenters. The van der Waals surface area contributed by atoms with Crippen LogP contribution in [-0.4, -0.2) is 11.7 Å². The molecule has 3 heteroatoms. The fraction of sp³-hybridized carbons (Fsp3) is 0.625. The molecule has 2 N–H and O–H groups in total. The van der Waals surface area contributed by atoms with Gasteiger partial charge in [0.25, 0.3) is 0 Å². The molecule has 11 heavy (non-hydrogen) atoms. The Hall–Kier alpha value is -0.830. The summed E-state index contributed by atoms with van der Waals surface area (Å²) < 4.78 is 5.07. The van der Waals surface area contributed by atoms with E-state index >= 15 is 0 Å². The van der Waals surface area contributed by atoms with E-state index in [0.717, 1.165) is 12.2 Å². The van der Waals surface area contributed by atoms with Gasteiger partial charge in [-0.25, -0.2) is 0 Å². The van der Waals surface area contributed by atoms with E-state index in [1.807, 2.05) is 0 Å². The van der Waals surface area contributed by atoms with Crippen molar-refractivity contribution >= 4 is 0 Å². The fourth-order valence-corrected chi connectivity index (χ4v) is 1.83. The standard InChI is InChI=1S/C8H12N2O/c1-5-2-8-7(4-10-11-8)6(5)3-9/h4-6H,2-3,9H2,1H3. The molecule has 2 rings (SSSR count). The van der Waals surface area contributed by atoms with Gasteiger partial charge in [-0.15, -0.1) is 0 Å². The van der Waals surface area contributed by atoms with E-state index in [4.69, 9.17) is 10.3 Å². The molecule has 1 aromatic heterocycles. The van der Waals surface area contributed by atoms with E-state index in [1.165, 1.54) is 5.56 Å². The summed E-state index contributed by atoms with van der Waals surface area (Å²) in [5, 5.41) is 3.75. The van der Waals surface area contributed by atoms with E-state index < -0.39 is 0 Å². The van der Waals surface area contributed by atoms with E-state index in [1.54, 1.807) is 6.20 Å². The smallest absolute Gasteiger partial charge is 0.140 e. The number of fused-ring (bicyclic) bond motifs is 1. The number of hydrogen-bond donors (Lipinski definition) is 1. The quantitative estimate of drug-likeness (QED) is 0.650. The van der Waals surface area contributed by atoms with Gasteiger partial charge in [-0.3, -0.25) is 0 Å². The molecule has 1 aliphatic rings. The first kappa shape index (κ1) is 6.85. The summed E-state index contributed by atoms with van der Waals surface area (Å²) >= 11 is 0. The summed E-state index contributed by atoms with van der Waals surface area (Å²) in [5.74, 6) is 2.13. The number of nitrogens with two attached hydrogens (primary N) is 1. The molecule has 0 bridgehead atoms. The van der Waals surface area contributed by atoms with Crippen molar-refractivity contribution in [3.63, 3.8) is 0 Å². The van der Waals surface area contributed by atoms with Gasteiger partial charge >= 0.3 is 0 Å². The first-order valence-corrected chi connectivity index (χ1v) is 3.96. The van der Waals surface area contributed by atoms with E-state index in [-0.39, 0.29) is 0 Å². The molecule has 0 aliphatic heterocycles. The van der Waals surface area contributed by atoms with Crippen LogP contribution in [0.4, 0.5) is 0 Å². The van der Waals surface area contributed by atoms with Crippen LogP contribution in [0, 0.1) is 5.92 Å². The molecule has 0 amide bonds. The van der Waals surface area contributed by atoms with Crippen LogP contribution in [-0.2, 0) is 6.42 Å². The molecule has 0 saturated heterocycles. The average molecular weight is 152 g/mol. The van der Waals surface area contributed by atoms with Crippen molar-refractivity contribution < 1.29 is 4.52 Å². The second kappa shape index (κ2) is 2.34. The topological polar surface area (TPSA) is 52.0 Å². The van der Waals surface area contributed by atoms with Crippen molar-refractivity contribution in [2.75, 3.05) is 6.54 Å². The third-order valence-corrected chi connectivity index (χ3v) is 2.52. The van der Waals surface area contributed by atoms with Crippen LogP contribution in [0.1, 0.15) is 24.2 Å². The lowest BCUT2D eigenvalue weighted by Crippen LogP contribution is -2.15. The SMILES string of the molecule is CC1Cc2oncc2C1CN. The zero-order valence-electron chi connectivity index (χ0n) is 6.58. The Kier molecular flexibility index (Phi) is 1.46. The largest absolute Gasteiger partial charge is 0.361 e. The first-order valence-electron chi connectivity index (χ1n) is 3.96. The lowest BCUT2D eigenvalue weighted by Gasteiger charge is -2.11. The fourth-order valence-electron chi connectivity index (χ4n) is 1.83. The van der Waals surface area contributed by atoms with Crippen molar-refractivity contribution in [1.82, 2.24) is 5.16 Å². The Morgan fingerprint density at radius 3 is 3.36 bits per heavy atom. The molecule has 0 aromatic carbocycles. The van der Waals surface area contributed by atoms with E-state index in [0.29, 0.717) is 18.4 Å². The van der Waals surface area contributed by atoms with Gasteiger partial charge in [0, 0.05) is 17.9 Å². The molecule has 1 aromatic rings. The molecule has 2 atom stereocenters. The summed E-state index contributed by atoms with van der Waals surface area (Å²) in [6.07, 6.45) is 2.80. The van der Waals surface area contributed by atoms with Crippen molar-refractivity contribution in [1.29, 1.82) is 0 Å². The molecule has 3 nitrogen and oxygen atoms in total. The lowest BCUT2D eigenvalue weighted by atomic mass is 9.95. The maximum atomic E-state index is 5.63. The number of nitrogens with zero attached hydrogens (tertiary/aromatic N) is 1. The highest BCUT2D eigenvalue weighted by Crippen LogP contribution is 2.36. The summed E-state index contributed by atoms with van der Waals surface area (Å²) in [6.45, 7) is 2.91. The van der Waals surface area contributed by atoms with Gasteiger partial charge in [-0.2, -0.15) is 0 Å². The van der Waals surface area contributed by atoms with Crippen molar-refractivity contribution in [3.05, 3.63) is 17.5 Å². The molecular formula is C8H12N2O. The molecule has 0 spiro atoms. The lowest BCUT2D eigenvalue weighted by molar-refractivity contribution is 0.370. The van der Waals surface area contributed by atoms with Gasteiger partial charge in [0.2, 0.25) is 0 Å². The van der Waals surface area contributed by atoms with Crippen LogP contribution >= 0.6 is 0 Å². The summed E-state index contributed by atoms with van der Waals surface area (Å²) in [7, 11) is 0. The molecule has 1 aliphatic carbocycles. The van der Waals surface area contributed by atoms with Gasteiger partial charge in [-0.05, 0) is 12.5 Å². The van der Waals surface area contributed by atoms with Crippen LogP contribution in [0.2, 0.25) is 0 Å². The van der Waals surface area contributed by atoms with Gasteiger partial charge in [0.15, 0.2) is 0 Å². The molecular weight excluding hydrogens is 140 g/mol. The molecule has 0 fully saturated rings. The maximum absolute atomic E-state index is 5.63. The minimum Gasteiger partial charge on any atom is -0.361 e. The zero-order chi connectivity index (χ0) is 7.84. The highest BCUT2D eigenvalue weighted by atomic mass is 16.5. The summed E-state index contributed by atoms with van der Waals surface area (Å²) in [4.78, 5) is 0. The van der Waals surface area contributed by atoms with Gasteiger partial charge < -0.3 is 10.3 Å². The Labute approximate surface area is 65.6 Å². The van der Waals surface area contributed by atoms with Crippen LogP contribution in [0.5, 0.6) is 0 Å². The number of hydrogen-bond acceptors (Lipinski definition) is 3. The second-order valence-corrected chi connectivity index (χ2v) is 3.23. The maximum Gasteiger partial charge on any atom is 0.140 e. The molecule has 0 radical (unpaired) electrons. The molecule has 60 valence electrons. The van der Waals surface area contributed by atoms with Crippen molar-refractivity contribution in [2.24, 2.45) is 11.7 Å². The normalized spacial score (nSPS) is 28.9. The summed E-state index contributed by atoms with van der Waals surface area (Å²) in [5.41, 5.74) is 6.85. The minimum atomic E-state index is 0.469. The van der Waals surface area contributed by atoms with Crippen molar-refractivity contribution in [3.8, 4) is 0 Å². The average Bonchev–Trinajstić information content (AvgIpc) is 2.46.